The second-order valence-electron chi connectivity index (χ2n) is 6.01. The minimum atomic E-state index is -0.315. The Labute approximate surface area is 118 Å². The molecule has 0 aliphatic carbocycles. The Morgan fingerprint density at radius 2 is 1.79 bits per heavy atom. The normalized spacial score (nSPS) is 19.2. The predicted octanol–water partition coefficient (Wildman–Crippen LogP) is 1.69. The van der Waals surface area contributed by atoms with Crippen molar-refractivity contribution < 1.29 is 4.79 Å². The minimum Gasteiger partial charge on any atom is -0.341 e. The van der Waals surface area contributed by atoms with Crippen molar-refractivity contribution in [1.29, 1.82) is 0 Å². The molecule has 112 valence electrons. The summed E-state index contributed by atoms with van der Waals surface area (Å²) < 4.78 is 0. The molecule has 0 radical (unpaired) electrons. The summed E-state index contributed by atoms with van der Waals surface area (Å²) >= 11 is 0. The Hall–Kier alpha value is -0.610. The van der Waals surface area contributed by atoms with Crippen molar-refractivity contribution in [3.63, 3.8) is 0 Å². The summed E-state index contributed by atoms with van der Waals surface area (Å²) in [5, 5.41) is 0. The van der Waals surface area contributed by atoms with Gasteiger partial charge in [0.25, 0.3) is 0 Å². The molecule has 2 N–H and O–H groups in total. The fraction of sp³-hybridized carbons (Fsp3) is 0.933. The summed E-state index contributed by atoms with van der Waals surface area (Å²) in [5.41, 5.74) is 5.99. The van der Waals surface area contributed by atoms with Crippen LogP contribution in [0.2, 0.25) is 0 Å². The fourth-order valence-electron chi connectivity index (χ4n) is 3.03. The summed E-state index contributed by atoms with van der Waals surface area (Å²) in [5.74, 6) is 0.624. The summed E-state index contributed by atoms with van der Waals surface area (Å²) in [6, 6.07) is 0.324. The second kappa shape index (κ2) is 7.85. The molecule has 4 heteroatoms. The van der Waals surface area contributed by atoms with Crippen LogP contribution in [-0.4, -0.2) is 54.0 Å². The van der Waals surface area contributed by atoms with Gasteiger partial charge in [0.05, 0.1) is 6.04 Å². The lowest BCUT2D eigenvalue weighted by molar-refractivity contribution is -0.134. The molecule has 0 aromatic rings. The first-order chi connectivity index (χ1) is 8.99. The average Bonchev–Trinajstić information content (AvgIpc) is 2.39. The van der Waals surface area contributed by atoms with E-state index in [0.717, 1.165) is 45.4 Å². The van der Waals surface area contributed by atoms with Crippen LogP contribution in [0.4, 0.5) is 0 Å². The van der Waals surface area contributed by atoms with Crippen LogP contribution in [0.25, 0.3) is 0 Å². The largest absolute Gasteiger partial charge is 0.341 e. The van der Waals surface area contributed by atoms with E-state index < -0.39 is 0 Å². The molecule has 1 heterocycles. The highest BCUT2D eigenvalue weighted by molar-refractivity contribution is 5.81. The van der Waals surface area contributed by atoms with E-state index in [1.165, 1.54) is 0 Å². The van der Waals surface area contributed by atoms with Crippen molar-refractivity contribution in [1.82, 2.24) is 9.80 Å². The maximum atomic E-state index is 12.2. The Balaban J connectivity index is 2.42. The van der Waals surface area contributed by atoms with Crippen molar-refractivity contribution in [3.05, 3.63) is 0 Å². The SMILES string of the molecule is CCN(CC)C1CCN(C(=O)[C@H](N)CC(C)C)CC1. The van der Waals surface area contributed by atoms with Crippen LogP contribution < -0.4 is 5.73 Å². The Bertz CT molecular complexity index is 269. The first-order valence-electron chi connectivity index (χ1n) is 7.77. The van der Waals surface area contributed by atoms with Gasteiger partial charge in [-0.25, -0.2) is 0 Å². The zero-order chi connectivity index (χ0) is 14.4. The molecule has 1 aliphatic heterocycles. The van der Waals surface area contributed by atoms with Crippen LogP contribution in [0.3, 0.4) is 0 Å². The number of hydrogen-bond acceptors (Lipinski definition) is 3. The van der Waals surface area contributed by atoms with Gasteiger partial charge in [0, 0.05) is 19.1 Å². The average molecular weight is 269 g/mol. The lowest BCUT2D eigenvalue weighted by Crippen LogP contribution is -2.51. The molecule has 0 bridgehead atoms. The van der Waals surface area contributed by atoms with Crippen molar-refractivity contribution in [3.8, 4) is 0 Å². The number of carbonyl (C=O) groups excluding carboxylic acids is 1. The zero-order valence-corrected chi connectivity index (χ0v) is 13.1. The highest BCUT2D eigenvalue weighted by Crippen LogP contribution is 2.17. The number of piperidine rings is 1. The molecule has 0 aromatic heterocycles. The van der Waals surface area contributed by atoms with Crippen LogP contribution in [0.5, 0.6) is 0 Å². The first-order valence-corrected chi connectivity index (χ1v) is 7.77. The van der Waals surface area contributed by atoms with Crippen molar-refractivity contribution in [2.45, 2.75) is 59.0 Å². The zero-order valence-electron chi connectivity index (χ0n) is 13.1. The van der Waals surface area contributed by atoms with Crippen molar-refractivity contribution >= 4 is 5.91 Å². The van der Waals surface area contributed by atoms with E-state index in [9.17, 15) is 4.79 Å². The van der Waals surface area contributed by atoms with E-state index in [1.807, 2.05) is 4.90 Å². The maximum absolute atomic E-state index is 12.2. The van der Waals surface area contributed by atoms with Gasteiger partial charge in [0.1, 0.15) is 0 Å². The van der Waals surface area contributed by atoms with Gasteiger partial charge < -0.3 is 15.5 Å². The topological polar surface area (TPSA) is 49.6 Å². The number of nitrogens with two attached hydrogens (primary N) is 1. The summed E-state index contributed by atoms with van der Waals surface area (Å²) in [6.07, 6.45) is 2.96. The van der Waals surface area contributed by atoms with Crippen LogP contribution in [0.15, 0.2) is 0 Å². The molecule has 1 aliphatic rings. The highest BCUT2D eigenvalue weighted by Gasteiger charge is 2.28. The molecule has 1 rings (SSSR count). The van der Waals surface area contributed by atoms with Gasteiger partial charge >= 0.3 is 0 Å². The van der Waals surface area contributed by atoms with Gasteiger partial charge in [-0.05, 0) is 38.3 Å². The number of nitrogens with zero attached hydrogens (tertiary/aromatic N) is 2. The first kappa shape index (κ1) is 16.4. The quantitative estimate of drug-likeness (QED) is 0.798. The van der Waals surface area contributed by atoms with Crippen LogP contribution >= 0.6 is 0 Å². The number of likely N-dealkylation sites (tertiary alicyclic amines) is 1. The number of amides is 1. The molecular weight excluding hydrogens is 238 g/mol. The van der Waals surface area contributed by atoms with Gasteiger partial charge in [-0.2, -0.15) is 0 Å². The number of carbonyl (C=O) groups is 1. The minimum absolute atomic E-state index is 0.145. The van der Waals surface area contributed by atoms with Gasteiger partial charge in [-0.3, -0.25) is 4.79 Å². The van der Waals surface area contributed by atoms with E-state index in [4.69, 9.17) is 5.73 Å². The summed E-state index contributed by atoms with van der Waals surface area (Å²) in [6.45, 7) is 12.6. The smallest absolute Gasteiger partial charge is 0.239 e. The number of hydrogen-bond donors (Lipinski definition) is 1. The molecule has 1 amide bonds. The number of rotatable bonds is 6. The van der Waals surface area contributed by atoms with Crippen LogP contribution in [0, 0.1) is 5.92 Å². The molecule has 0 unspecified atom stereocenters. The van der Waals surface area contributed by atoms with Gasteiger partial charge in [0.2, 0.25) is 5.91 Å². The van der Waals surface area contributed by atoms with Crippen molar-refractivity contribution in [2.75, 3.05) is 26.2 Å². The fourth-order valence-corrected chi connectivity index (χ4v) is 3.03. The molecule has 1 saturated heterocycles. The Morgan fingerprint density at radius 1 is 1.26 bits per heavy atom. The maximum Gasteiger partial charge on any atom is 0.239 e. The summed E-state index contributed by atoms with van der Waals surface area (Å²) in [7, 11) is 0. The van der Waals surface area contributed by atoms with E-state index in [1.54, 1.807) is 0 Å². The van der Waals surface area contributed by atoms with E-state index in [2.05, 4.69) is 32.6 Å². The second-order valence-corrected chi connectivity index (χ2v) is 6.01. The van der Waals surface area contributed by atoms with E-state index >= 15 is 0 Å². The molecule has 0 saturated carbocycles. The lowest BCUT2D eigenvalue weighted by Gasteiger charge is -2.38. The van der Waals surface area contributed by atoms with Gasteiger partial charge in [0.15, 0.2) is 0 Å². The lowest BCUT2D eigenvalue weighted by atomic mass is 9.99. The third-order valence-electron chi connectivity index (χ3n) is 4.15. The monoisotopic (exact) mass is 269 g/mol. The standard InChI is InChI=1S/C15H31N3O/c1-5-17(6-2)13-7-9-18(10-8-13)15(19)14(16)11-12(3)4/h12-14H,5-11,16H2,1-4H3/t14-/m1/s1. The molecule has 19 heavy (non-hydrogen) atoms. The van der Waals surface area contributed by atoms with Crippen molar-refractivity contribution in [2.24, 2.45) is 11.7 Å². The molecule has 1 fully saturated rings. The van der Waals surface area contributed by atoms with Crippen LogP contribution in [-0.2, 0) is 4.79 Å². The third kappa shape index (κ3) is 4.77. The van der Waals surface area contributed by atoms with Crippen LogP contribution in [0.1, 0.15) is 47.0 Å². The molecule has 1 atom stereocenters. The van der Waals surface area contributed by atoms with Gasteiger partial charge in [-0.1, -0.05) is 27.7 Å². The van der Waals surface area contributed by atoms with E-state index in [-0.39, 0.29) is 11.9 Å². The molecule has 0 aromatic carbocycles. The molecule has 4 nitrogen and oxygen atoms in total. The highest BCUT2D eigenvalue weighted by atomic mass is 16.2. The summed E-state index contributed by atoms with van der Waals surface area (Å²) in [4.78, 5) is 16.7. The Morgan fingerprint density at radius 3 is 2.21 bits per heavy atom. The van der Waals surface area contributed by atoms with E-state index in [0.29, 0.717) is 12.0 Å². The third-order valence-corrected chi connectivity index (χ3v) is 4.15. The van der Waals surface area contributed by atoms with Gasteiger partial charge in [-0.15, -0.1) is 0 Å². The Kier molecular flexibility index (Phi) is 6.80. The predicted molar refractivity (Wildman–Crippen MR) is 80.0 cm³/mol. The molecule has 0 spiro atoms. The molecular formula is C15H31N3O.